The van der Waals surface area contributed by atoms with Crippen molar-refractivity contribution in [1.82, 2.24) is 0 Å². The van der Waals surface area contributed by atoms with Gasteiger partial charge in [0, 0.05) is 5.92 Å². The summed E-state index contributed by atoms with van der Waals surface area (Å²) in [6, 6.07) is 6.98. The molecule has 0 bridgehead atoms. The molecule has 0 saturated heterocycles. The summed E-state index contributed by atoms with van der Waals surface area (Å²) in [6.07, 6.45) is 8.15. The molecule has 2 heteroatoms. The molecule has 1 aliphatic carbocycles. The van der Waals surface area contributed by atoms with Crippen molar-refractivity contribution < 1.29 is 9.90 Å². The van der Waals surface area contributed by atoms with Crippen molar-refractivity contribution in [1.29, 1.82) is 0 Å². The average Bonchev–Trinajstić information content (AvgIpc) is 2.71. The molecule has 0 fully saturated rings. The number of aromatic carboxylic acids is 1. The van der Waals surface area contributed by atoms with Gasteiger partial charge in [-0.2, -0.15) is 0 Å². The molecule has 70 valence electrons. The number of carboxylic acids is 1. The molecule has 0 aromatic heterocycles. The van der Waals surface area contributed by atoms with Crippen molar-refractivity contribution in [3.05, 3.63) is 59.7 Å². The standard InChI is InChI=1S/C12H10O2/c13-12(14)11-7-5-10(6-8-11)9-3-1-2-4-9/h1-9H,(H,13,14). The molecule has 1 aromatic carbocycles. The maximum Gasteiger partial charge on any atom is 0.335 e. The Kier molecular flexibility index (Phi) is 2.19. The molecular weight excluding hydrogens is 176 g/mol. The van der Waals surface area contributed by atoms with Crippen LogP contribution in [0.4, 0.5) is 0 Å². The normalized spacial score (nSPS) is 14.9. The number of hydrogen-bond donors (Lipinski definition) is 1. The van der Waals surface area contributed by atoms with Crippen molar-refractivity contribution in [3.8, 4) is 0 Å². The van der Waals surface area contributed by atoms with E-state index in [-0.39, 0.29) is 0 Å². The lowest BCUT2D eigenvalue weighted by atomic mass is 10.00. The Balaban J connectivity index is 2.25. The molecule has 1 aliphatic rings. The first-order valence-corrected chi connectivity index (χ1v) is 4.45. The third-order valence-electron chi connectivity index (χ3n) is 2.29. The number of benzene rings is 1. The molecular formula is C12H10O2. The van der Waals surface area contributed by atoms with Crippen LogP contribution in [-0.4, -0.2) is 11.1 Å². The van der Waals surface area contributed by atoms with E-state index < -0.39 is 5.97 Å². The largest absolute Gasteiger partial charge is 0.478 e. The van der Waals surface area contributed by atoms with Crippen molar-refractivity contribution in [3.63, 3.8) is 0 Å². The molecule has 14 heavy (non-hydrogen) atoms. The van der Waals surface area contributed by atoms with Crippen LogP contribution in [0, 0.1) is 0 Å². The van der Waals surface area contributed by atoms with E-state index in [1.54, 1.807) is 12.1 Å². The highest BCUT2D eigenvalue weighted by molar-refractivity contribution is 5.87. The van der Waals surface area contributed by atoms with Crippen molar-refractivity contribution in [2.45, 2.75) is 5.92 Å². The quantitative estimate of drug-likeness (QED) is 0.770. The molecule has 0 saturated carbocycles. The molecule has 2 nitrogen and oxygen atoms in total. The lowest BCUT2D eigenvalue weighted by Crippen LogP contribution is -1.96. The van der Waals surface area contributed by atoms with Gasteiger partial charge in [-0.05, 0) is 17.7 Å². The highest BCUT2D eigenvalue weighted by Crippen LogP contribution is 2.22. The molecule has 0 unspecified atom stereocenters. The molecule has 0 aliphatic heterocycles. The lowest BCUT2D eigenvalue weighted by Gasteiger charge is -2.05. The fourth-order valence-corrected chi connectivity index (χ4v) is 1.50. The van der Waals surface area contributed by atoms with Gasteiger partial charge in [-0.3, -0.25) is 0 Å². The molecule has 0 heterocycles. The van der Waals surface area contributed by atoms with Crippen LogP contribution in [-0.2, 0) is 0 Å². The second-order valence-electron chi connectivity index (χ2n) is 3.22. The SMILES string of the molecule is O=C(O)c1ccc(C2C=CC=C2)cc1. The molecule has 0 atom stereocenters. The van der Waals surface area contributed by atoms with Crippen LogP contribution in [0.25, 0.3) is 0 Å². The van der Waals surface area contributed by atoms with Crippen LogP contribution in [0.5, 0.6) is 0 Å². The van der Waals surface area contributed by atoms with E-state index in [1.807, 2.05) is 24.3 Å². The Bertz CT molecular complexity index is 387. The molecule has 0 radical (unpaired) electrons. The number of allylic oxidation sites excluding steroid dienone is 4. The molecule has 1 N–H and O–H groups in total. The van der Waals surface area contributed by atoms with Gasteiger partial charge in [0.1, 0.15) is 0 Å². The third kappa shape index (κ3) is 1.59. The first-order valence-electron chi connectivity index (χ1n) is 4.45. The lowest BCUT2D eigenvalue weighted by molar-refractivity contribution is 0.0697. The van der Waals surface area contributed by atoms with Gasteiger partial charge in [0.25, 0.3) is 0 Å². The average molecular weight is 186 g/mol. The first kappa shape index (κ1) is 8.75. The van der Waals surface area contributed by atoms with Crippen LogP contribution in [0.2, 0.25) is 0 Å². The summed E-state index contributed by atoms with van der Waals surface area (Å²) >= 11 is 0. The van der Waals surface area contributed by atoms with Crippen molar-refractivity contribution in [2.24, 2.45) is 0 Å². The van der Waals surface area contributed by atoms with Gasteiger partial charge in [0.15, 0.2) is 0 Å². The fraction of sp³-hybridized carbons (Fsp3) is 0.0833. The van der Waals surface area contributed by atoms with E-state index in [2.05, 4.69) is 12.2 Å². The Morgan fingerprint density at radius 3 is 2.14 bits per heavy atom. The number of rotatable bonds is 2. The van der Waals surface area contributed by atoms with Gasteiger partial charge >= 0.3 is 5.97 Å². The van der Waals surface area contributed by atoms with Crippen LogP contribution >= 0.6 is 0 Å². The van der Waals surface area contributed by atoms with E-state index >= 15 is 0 Å². The Morgan fingerprint density at radius 1 is 1.07 bits per heavy atom. The minimum absolute atomic E-state index is 0.304. The minimum atomic E-state index is -0.881. The number of carboxylic acid groups (broad SMARTS) is 1. The van der Waals surface area contributed by atoms with Crippen LogP contribution in [0.3, 0.4) is 0 Å². The summed E-state index contributed by atoms with van der Waals surface area (Å²) < 4.78 is 0. The van der Waals surface area contributed by atoms with E-state index in [4.69, 9.17) is 5.11 Å². The highest BCUT2D eigenvalue weighted by atomic mass is 16.4. The maximum atomic E-state index is 10.6. The zero-order valence-electron chi connectivity index (χ0n) is 7.55. The Labute approximate surface area is 82.2 Å². The topological polar surface area (TPSA) is 37.3 Å². The first-order chi connectivity index (χ1) is 6.77. The zero-order valence-corrected chi connectivity index (χ0v) is 7.55. The van der Waals surface area contributed by atoms with Gasteiger partial charge in [0.2, 0.25) is 0 Å². The van der Waals surface area contributed by atoms with Gasteiger partial charge < -0.3 is 5.11 Å². The fourth-order valence-electron chi connectivity index (χ4n) is 1.50. The summed E-state index contributed by atoms with van der Waals surface area (Å²) in [5.74, 6) is -0.577. The minimum Gasteiger partial charge on any atom is -0.478 e. The van der Waals surface area contributed by atoms with Gasteiger partial charge in [-0.25, -0.2) is 4.79 Å². The second-order valence-corrected chi connectivity index (χ2v) is 3.22. The molecule has 2 rings (SSSR count). The van der Waals surface area contributed by atoms with Gasteiger partial charge in [-0.15, -0.1) is 0 Å². The summed E-state index contributed by atoms with van der Waals surface area (Å²) in [4.78, 5) is 10.6. The summed E-state index contributed by atoms with van der Waals surface area (Å²) in [7, 11) is 0. The molecule has 0 amide bonds. The van der Waals surface area contributed by atoms with E-state index in [1.165, 1.54) is 0 Å². The monoisotopic (exact) mass is 186 g/mol. The highest BCUT2D eigenvalue weighted by Gasteiger charge is 2.08. The smallest absolute Gasteiger partial charge is 0.335 e. The van der Waals surface area contributed by atoms with Crippen LogP contribution < -0.4 is 0 Å². The predicted molar refractivity (Wildman–Crippen MR) is 54.4 cm³/mol. The maximum absolute atomic E-state index is 10.6. The molecule has 1 aromatic rings. The predicted octanol–water partition coefficient (Wildman–Crippen LogP) is 2.59. The van der Waals surface area contributed by atoms with Crippen LogP contribution in [0.15, 0.2) is 48.6 Å². The summed E-state index contributed by atoms with van der Waals surface area (Å²) in [5.41, 5.74) is 1.46. The van der Waals surface area contributed by atoms with Gasteiger partial charge in [0.05, 0.1) is 5.56 Å². The van der Waals surface area contributed by atoms with E-state index in [0.717, 1.165) is 5.56 Å². The zero-order chi connectivity index (χ0) is 9.97. The van der Waals surface area contributed by atoms with Crippen molar-refractivity contribution >= 4 is 5.97 Å². The Hall–Kier alpha value is -1.83. The summed E-state index contributed by atoms with van der Waals surface area (Å²) in [6.45, 7) is 0. The summed E-state index contributed by atoms with van der Waals surface area (Å²) in [5, 5.41) is 8.71. The van der Waals surface area contributed by atoms with E-state index in [0.29, 0.717) is 11.5 Å². The molecule has 0 spiro atoms. The van der Waals surface area contributed by atoms with Crippen molar-refractivity contribution in [2.75, 3.05) is 0 Å². The van der Waals surface area contributed by atoms with Crippen LogP contribution in [0.1, 0.15) is 21.8 Å². The Morgan fingerprint density at radius 2 is 1.64 bits per heavy atom. The second kappa shape index (κ2) is 3.50. The van der Waals surface area contributed by atoms with Gasteiger partial charge in [-0.1, -0.05) is 36.4 Å². The third-order valence-corrected chi connectivity index (χ3v) is 2.29. The number of hydrogen-bond acceptors (Lipinski definition) is 1. The van der Waals surface area contributed by atoms with E-state index in [9.17, 15) is 4.79 Å². The number of carbonyl (C=O) groups is 1.